The number of methoxy groups -OCH3 is 1. The maximum absolute atomic E-state index is 12.2. The number of nitrogens with zero attached hydrogens (tertiary/aromatic N) is 1. The number of carbonyl (C=O) groups excluding carboxylic acids is 2. The standard InChI is InChI=1S/C14H17NO3/c1-9(2)8-12(18-3)15-13(16)10-6-4-5-7-11(10)14(15)17/h4-7,9,12H,8H2,1-3H3. The third-order valence-corrected chi connectivity index (χ3v) is 3.06. The average molecular weight is 247 g/mol. The second-order valence-corrected chi connectivity index (χ2v) is 4.85. The van der Waals surface area contributed by atoms with Crippen molar-refractivity contribution < 1.29 is 14.3 Å². The highest BCUT2D eigenvalue weighted by Gasteiger charge is 2.39. The van der Waals surface area contributed by atoms with Gasteiger partial charge >= 0.3 is 0 Å². The van der Waals surface area contributed by atoms with Gasteiger partial charge in [0, 0.05) is 7.11 Å². The molecule has 1 aliphatic rings. The highest BCUT2D eigenvalue weighted by molar-refractivity contribution is 6.21. The zero-order valence-electron chi connectivity index (χ0n) is 10.8. The van der Waals surface area contributed by atoms with E-state index in [9.17, 15) is 9.59 Å². The summed E-state index contributed by atoms with van der Waals surface area (Å²) >= 11 is 0. The summed E-state index contributed by atoms with van der Waals surface area (Å²) in [7, 11) is 1.52. The molecule has 4 heteroatoms. The van der Waals surface area contributed by atoms with Crippen LogP contribution in [-0.4, -0.2) is 30.1 Å². The molecule has 2 amide bonds. The summed E-state index contributed by atoms with van der Waals surface area (Å²) < 4.78 is 5.30. The third-order valence-electron chi connectivity index (χ3n) is 3.06. The minimum absolute atomic E-state index is 0.261. The van der Waals surface area contributed by atoms with Crippen LogP contribution in [0.15, 0.2) is 24.3 Å². The van der Waals surface area contributed by atoms with E-state index in [0.717, 1.165) is 0 Å². The maximum Gasteiger partial charge on any atom is 0.263 e. The van der Waals surface area contributed by atoms with Crippen molar-refractivity contribution in [2.24, 2.45) is 5.92 Å². The number of imide groups is 1. The zero-order chi connectivity index (χ0) is 13.3. The molecule has 1 unspecified atom stereocenters. The molecular formula is C14H17NO3. The second-order valence-electron chi connectivity index (χ2n) is 4.85. The highest BCUT2D eigenvalue weighted by atomic mass is 16.5. The fourth-order valence-corrected chi connectivity index (χ4v) is 2.18. The molecule has 0 aromatic heterocycles. The SMILES string of the molecule is COC(CC(C)C)N1C(=O)c2ccccc2C1=O. The quantitative estimate of drug-likeness (QED) is 0.767. The van der Waals surface area contributed by atoms with Crippen LogP contribution < -0.4 is 0 Å². The molecule has 1 atom stereocenters. The lowest BCUT2D eigenvalue weighted by atomic mass is 10.1. The van der Waals surface area contributed by atoms with Gasteiger partial charge in [0.1, 0.15) is 6.23 Å². The van der Waals surface area contributed by atoms with Crippen LogP contribution in [0.5, 0.6) is 0 Å². The molecule has 18 heavy (non-hydrogen) atoms. The van der Waals surface area contributed by atoms with E-state index < -0.39 is 6.23 Å². The summed E-state index contributed by atoms with van der Waals surface area (Å²) in [5.74, 6) is -0.175. The van der Waals surface area contributed by atoms with Crippen molar-refractivity contribution in [3.8, 4) is 0 Å². The predicted octanol–water partition coefficient (Wildman–Crippen LogP) is 2.30. The first kappa shape index (κ1) is 12.8. The molecular weight excluding hydrogens is 230 g/mol. The fraction of sp³-hybridized carbons (Fsp3) is 0.429. The maximum atomic E-state index is 12.2. The number of ether oxygens (including phenoxy) is 1. The van der Waals surface area contributed by atoms with Crippen LogP contribution in [0.2, 0.25) is 0 Å². The number of amides is 2. The van der Waals surface area contributed by atoms with Crippen molar-refractivity contribution in [3.05, 3.63) is 35.4 Å². The molecule has 0 N–H and O–H groups in total. The largest absolute Gasteiger partial charge is 0.361 e. The van der Waals surface area contributed by atoms with Crippen LogP contribution >= 0.6 is 0 Å². The van der Waals surface area contributed by atoms with Gasteiger partial charge in [0.05, 0.1) is 11.1 Å². The Balaban J connectivity index is 2.32. The number of hydrogen-bond acceptors (Lipinski definition) is 3. The smallest absolute Gasteiger partial charge is 0.263 e. The molecule has 4 nitrogen and oxygen atoms in total. The molecule has 0 saturated heterocycles. The fourth-order valence-electron chi connectivity index (χ4n) is 2.18. The van der Waals surface area contributed by atoms with Crippen LogP contribution in [0.25, 0.3) is 0 Å². The molecule has 0 spiro atoms. The van der Waals surface area contributed by atoms with Crippen molar-refractivity contribution in [3.63, 3.8) is 0 Å². The van der Waals surface area contributed by atoms with Crippen molar-refractivity contribution in [2.75, 3.05) is 7.11 Å². The summed E-state index contributed by atoms with van der Waals surface area (Å²) in [5.41, 5.74) is 0.932. The second kappa shape index (κ2) is 4.90. The van der Waals surface area contributed by atoms with E-state index in [-0.39, 0.29) is 11.8 Å². The molecule has 1 aromatic carbocycles. The minimum atomic E-state index is -0.489. The summed E-state index contributed by atoms with van der Waals surface area (Å²) in [6.07, 6.45) is 0.152. The lowest BCUT2D eigenvalue weighted by Gasteiger charge is -2.26. The molecule has 0 aliphatic carbocycles. The molecule has 0 saturated carbocycles. The molecule has 0 fully saturated rings. The van der Waals surface area contributed by atoms with Gasteiger partial charge in [0.25, 0.3) is 11.8 Å². The van der Waals surface area contributed by atoms with Gasteiger partial charge in [-0.15, -0.1) is 0 Å². The van der Waals surface area contributed by atoms with Crippen LogP contribution in [0, 0.1) is 5.92 Å². The topological polar surface area (TPSA) is 46.6 Å². The van der Waals surface area contributed by atoms with Gasteiger partial charge < -0.3 is 4.74 Å². The van der Waals surface area contributed by atoms with Crippen LogP contribution in [0.4, 0.5) is 0 Å². The Morgan fingerprint density at radius 3 is 2.00 bits per heavy atom. The van der Waals surface area contributed by atoms with E-state index in [1.54, 1.807) is 24.3 Å². The summed E-state index contributed by atoms with van der Waals surface area (Å²) in [4.78, 5) is 25.7. The van der Waals surface area contributed by atoms with Crippen molar-refractivity contribution >= 4 is 11.8 Å². The van der Waals surface area contributed by atoms with E-state index in [1.807, 2.05) is 13.8 Å². The van der Waals surface area contributed by atoms with E-state index >= 15 is 0 Å². The monoisotopic (exact) mass is 247 g/mol. The average Bonchev–Trinajstić information content (AvgIpc) is 2.60. The Bertz CT molecular complexity index is 447. The molecule has 1 aliphatic heterocycles. The molecule has 2 rings (SSSR count). The molecule has 1 aromatic rings. The third kappa shape index (κ3) is 2.04. The predicted molar refractivity (Wildman–Crippen MR) is 67.2 cm³/mol. The van der Waals surface area contributed by atoms with E-state index in [0.29, 0.717) is 23.5 Å². The molecule has 0 bridgehead atoms. The van der Waals surface area contributed by atoms with Crippen molar-refractivity contribution in [1.82, 2.24) is 4.90 Å². The van der Waals surface area contributed by atoms with Gasteiger partial charge in [-0.3, -0.25) is 9.59 Å². The van der Waals surface area contributed by atoms with Crippen LogP contribution in [0.1, 0.15) is 41.0 Å². The van der Waals surface area contributed by atoms with Crippen LogP contribution in [-0.2, 0) is 4.74 Å². The first-order chi connectivity index (χ1) is 8.56. The Morgan fingerprint density at radius 2 is 1.61 bits per heavy atom. The first-order valence-corrected chi connectivity index (χ1v) is 6.06. The number of benzene rings is 1. The first-order valence-electron chi connectivity index (χ1n) is 6.06. The van der Waals surface area contributed by atoms with E-state index in [1.165, 1.54) is 12.0 Å². The number of hydrogen-bond donors (Lipinski definition) is 0. The van der Waals surface area contributed by atoms with Gasteiger partial charge in [-0.25, -0.2) is 4.90 Å². The Hall–Kier alpha value is -1.68. The van der Waals surface area contributed by atoms with E-state index in [2.05, 4.69) is 0 Å². The Morgan fingerprint density at radius 1 is 1.11 bits per heavy atom. The van der Waals surface area contributed by atoms with Gasteiger partial charge in [0.15, 0.2) is 0 Å². The van der Waals surface area contributed by atoms with Gasteiger partial charge in [-0.2, -0.15) is 0 Å². The number of fused-ring (bicyclic) bond motifs is 1. The number of carbonyl (C=O) groups is 2. The van der Waals surface area contributed by atoms with Crippen molar-refractivity contribution in [1.29, 1.82) is 0 Å². The lowest BCUT2D eigenvalue weighted by Crippen LogP contribution is -2.41. The normalized spacial score (nSPS) is 16.3. The van der Waals surface area contributed by atoms with Gasteiger partial charge in [-0.1, -0.05) is 26.0 Å². The van der Waals surface area contributed by atoms with Gasteiger partial charge in [0.2, 0.25) is 0 Å². The summed E-state index contributed by atoms with van der Waals surface area (Å²) in [6, 6.07) is 6.88. The van der Waals surface area contributed by atoms with Gasteiger partial charge in [-0.05, 0) is 24.5 Å². The Labute approximate surface area is 107 Å². The Kier molecular flexibility index (Phi) is 3.48. The minimum Gasteiger partial charge on any atom is -0.361 e. The molecule has 1 heterocycles. The zero-order valence-corrected chi connectivity index (χ0v) is 10.8. The van der Waals surface area contributed by atoms with Crippen LogP contribution in [0.3, 0.4) is 0 Å². The molecule has 96 valence electrons. The molecule has 0 radical (unpaired) electrons. The highest BCUT2D eigenvalue weighted by Crippen LogP contribution is 2.26. The van der Waals surface area contributed by atoms with E-state index in [4.69, 9.17) is 4.74 Å². The summed E-state index contributed by atoms with van der Waals surface area (Å²) in [5, 5.41) is 0. The van der Waals surface area contributed by atoms with Crippen molar-refractivity contribution in [2.45, 2.75) is 26.5 Å². The summed E-state index contributed by atoms with van der Waals surface area (Å²) in [6.45, 7) is 4.06. The lowest BCUT2D eigenvalue weighted by molar-refractivity contribution is -0.0190. The number of rotatable bonds is 4.